The summed E-state index contributed by atoms with van der Waals surface area (Å²) in [6.45, 7) is 3.87. The Morgan fingerprint density at radius 2 is 1.92 bits per heavy atom. The molecule has 3 aromatic heterocycles. The van der Waals surface area contributed by atoms with Gasteiger partial charge >= 0.3 is 0 Å². The van der Waals surface area contributed by atoms with E-state index in [9.17, 15) is 0 Å². The van der Waals surface area contributed by atoms with Gasteiger partial charge in [-0.2, -0.15) is 4.98 Å². The van der Waals surface area contributed by atoms with Gasteiger partial charge in [0.25, 0.3) is 0 Å². The van der Waals surface area contributed by atoms with E-state index in [1.807, 2.05) is 48.6 Å². The summed E-state index contributed by atoms with van der Waals surface area (Å²) >= 11 is 1.48. The van der Waals surface area contributed by atoms with E-state index in [0.29, 0.717) is 17.5 Å². The van der Waals surface area contributed by atoms with Gasteiger partial charge < -0.3 is 9.26 Å². The molecule has 4 rings (SSSR count). The second kappa shape index (κ2) is 6.75. The molecular formula is C17H16N6O2S. The Labute approximate surface area is 153 Å². The maximum atomic E-state index is 5.35. The van der Waals surface area contributed by atoms with Gasteiger partial charge in [0.15, 0.2) is 10.8 Å². The predicted molar refractivity (Wildman–Crippen MR) is 96.1 cm³/mol. The first kappa shape index (κ1) is 16.5. The third-order valence-corrected chi connectivity index (χ3v) is 4.71. The minimum absolute atomic E-state index is 0.497. The highest BCUT2D eigenvalue weighted by Gasteiger charge is 2.13. The summed E-state index contributed by atoms with van der Waals surface area (Å²) in [6, 6.07) is 9.41. The standard InChI is InChI=1S/C17H16N6O2S/c1-10-8-14-20-21-17(23(14)11(2)18-10)26-9-15-19-16(22-25-15)12-4-6-13(24-3)7-5-12/h4-8H,9H2,1-3H3. The first-order valence-electron chi connectivity index (χ1n) is 7.93. The van der Waals surface area contributed by atoms with E-state index >= 15 is 0 Å². The predicted octanol–water partition coefficient (Wildman–Crippen LogP) is 3.09. The van der Waals surface area contributed by atoms with Crippen molar-refractivity contribution in [1.82, 2.24) is 29.7 Å². The van der Waals surface area contributed by atoms with Crippen LogP contribution >= 0.6 is 11.8 Å². The lowest BCUT2D eigenvalue weighted by Gasteiger charge is -2.02. The number of methoxy groups -OCH3 is 1. The molecule has 0 atom stereocenters. The highest BCUT2D eigenvalue weighted by molar-refractivity contribution is 7.98. The molecule has 8 nitrogen and oxygen atoms in total. The summed E-state index contributed by atoms with van der Waals surface area (Å²) in [7, 11) is 1.63. The molecule has 0 amide bonds. The van der Waals surface area contributed by atoms with Crippen molar-refractivity contribution in [2.45, 2.75) is 24.8 Å². The number of ether oxygens (including phenoxy) is 1. The highest BCUT2D eigenvalue weighted by Crippen LogP contribution is 2.24. The van der Waals surface area contributed by atoms with Crippen molar-refractivity contribution >= 4 is 17.4 Å². The van der Waals surface area contributed by atoms with Gasteiger partial charge in [-0.15, -0.1) is 10.2 Å². The Hall–Kier alpha value is -2.94. The summed E-state index contributed by atoms with van der Waals surface area (Å²) in [4.78, 5) is 8.90. The van der Waals surface area contributed by atoms with E-state index in [2.05, 4.69) is 25.3 Å². The van der Waals surface area contributed by atoms with Gasteiger partial charge in [-0.05, 0) is 38.1 Å². The molecule has 0 aliphatic carbocycles. The van der Waals surface area contributed by atoms with Crippen molar-refractivity contribution in [3.8, 4) is 17.1 Å². The Kier molecular flexibility index (Phi) is 4.29. The fraction of sp³-hybridized carbons (Fsp3) is 0.235. The van der Waals surface area contributed by atoms with Crippen LogP contribution in [-0.2, 0) is 5.75 Å². The normalized spacial score (nSPS) is 11.2. The van der Waals surface area contributed by atoms with Crippen molar-refractivity contribution in [2.75, 3.05) is 7.11 Å². The van der Waals surface area contributed by atoms with Crippen LogP contribution < -0.4 is 4.74 Å². The third kappa shape index (κ3) is 3.13. The SMILES string of the molecule is COc1ccc(-c2noc(CSc3nnc4cc(C)nc(C)n34)n2)cc1. The van der Waals surface area contributed by atoms with Gasteiger partial charge in [-0.25, -0.2) is 4.98 Å². The van der Waals surface area contributed by atoms with Crippen LogP contribution in [0.5, 0.6) is 5.75 Å². The molecule has 0 unspecified atom stereocenters. The second-order valence-electron chi connectivity index (χ2n) is 5.65. The Bertz CT molecular complexity index is 1060. The number of fused-ring (bicyclic) bond motifs is 1. The molecule has 3 heterocycles. The Balaban J connectivity index is 1.51. The third-order valence-electron chi connectivity index (χ3n) is 3.80. The van der Waals surface area contributed by atoms with Crippen LogP contribution in [0.1, 0.15) is 17.4 Å². The molecule has 26 heavy (non-hydrogen) atoms. The number of aryl methyl sites for hydroxylation is 2. The summed E-state index contributed by atoms with van der Waals surface area (Å²) in [5.74, 6) is 3.19. The molecule has 0 aliphatic heterocycles. The lowest BCUT2D eigenvalue weighted by atomic mass is 10.2. The van der Waals surface area contributed by atoms with Crippen LogP contribution in [0.15, 0.2) is 40.0 Å². The molecule has 0 spiro atoms. The van der Waals surface area contributed by atoms with Crippen LogP contribution in [-0.4, -0.2) is 36.8 Å². The Morgan fingerprint density at radius 3 is 2.69 bits per heavy atom. The topological polar surface area (TPSA) is 91.2 Å². The minimum Gasteiger partial charge on any atom is -0.497 e. The summed E-state index contributed by atoms with van der Waals surface area (Å²) < 4.78 is 12.4. The van der Waals surface area contributed by atoms with Crippen LogP contribution in [0, 0.1) is 13.8 Å². The number of thioether (sulfide) groups is 1. The molecule has 0 saturated carbocycles. The smallest absolute Gasteiger partial charge is 0.237 e. The molecule has 9 heteroatoms. The molecule has 0 N–H and O–H groups in total. The first-order chi connectivity index (χ1) is 12.6. The fourth-order valence-corrected chi connectivity index (χ4v) is 3.42. The van der Waals surface area contributed by atoms with E-state index in [1.165, 1.54) is 11.8 Å². The van der Waals surface area contributed by atoms with E-state index in [1.54, 1.807) is 7.11 Å². The quantitative estimate of drug-likeness (QED) is 0.496. The number of benzene rings is 1. The van der Waals surface area contributed by atoms with Gasteiger partial charge in [0.2, 0.25) is 11.7 Å². The zero-order chi connectivity index (χ0) is 18.1. The maximum absolute atomic E-state index is 5.35. The lowest BCUT2D eigenvalue weighted by Crippen LogP contribution is -1.98. The average molecular weight is 368 g/mol. The van der Waals surface area contributed by atoms with Crippen molar-refractivity contribution < 1.29 is 9.26 Å². The monoisotopic (exact) mass is 368 g/mol. The lowest BCUT2D eigenvalue weighted by molar-refractivity contribution is 0.391. The number of nitrogens with zero attached hydrogens (tertiary/aromatic N) is 6. The number of aromatic nitrogens is 6. The van der Waals surface area contributed by atoms with Crippen molar-refractivity contribution in [1.29, 1.82) is 0 Å². The van der Waals surface area contributed by atoms with Gasteiger partial charge in [0.05, 0.1) is 12.9 Å². The molecule has 0 aliphatic rings. The van der Waals surface area contributed by atoms with E-state index in [-0.39, 0.29) is 0 Å². The first-order valence-corrected chi connectivity index (χ1v) is 8.92. The van der Waals surface area contributed by atoms with Crippen LogP contribution in [0.4, 0.5) is 0 Å². The van der Waals surface area contributed by atoms with Gasteiger partial charge in [-0.1, -0.05) is 16.9 Å². The molecule has 0 saturated heterocycles. The zero-order valence-electron chi connectivity index (χ0n) is 14.5. The summed E-state index contributed by atoms with van der Waals surface area (Å²) in [5.41, 5.74) is 2.57. The largest absolute Gasteiger partial charge is 0.497 e. The van der Waals surface area contributed by atoms with Gasteiger partial charge in [0, 0.05) is 17.3 Å². The molecule has 0 bridgehead atoms. The highest BCUT2D eigenvalue weighted by atomic mass is 32.2. The van der Waals surface area contributed by atoms with Gasteiger partial charge in [0.1, 0.15) is 11.6 Å². The second-order valence-corrected chi connectivity index (χ2v) is 6.59. The fourth-order valence-electron chi connectivity index (χ4n) is 2.59. The summed E-state index contributed by atoms with van der Waals surface area (Å²) in [6.07, 6.45) is 0. The summed E-state index contributed by atoms with van der Waals surface area (Å²) in [5, 5.41) is 13.2. The van der Waals surface area contributed by atoms with Crippen molar-refractivity contribution in [2.24, 2.45) is 0 Å². The molecule has 4 aromatic rings. The van der Waals surface area contributed by atoms with E-state index in [4.69, 9.17) is 9.26 Å². The van der Waals surface area contributed by atoms with Crippen LogP contribution in [0.2, 0.25) is 0 Å². The number of rotatable bonds is 5. The average Bonchev–Trinajstić information content (AvgIpc) is 3.27. The molecular weight excluding hydrogens is 352 g/mol. The minimum atomic E-state index is 0.497. The zero-order valence-corrected chi connectivity index (χ0v) is 15.3. The number of hydrogen-bond acceptors (Lipinski definition) is 8. The van der Waals surface area contributed by atoms with E-state index < -0.39 is 0 Å². The molecule has 0 radical (unpaired) electrons. The molecule has 132 valence electrons. The molecule has 0 fully saturated rings. The van der Waals surface area contributed by atoms with Crippen molar-refractivity contribution in [3.63, 3.8) is 0 Å². The van der Waals surface area contributed by atoms with Gasteiger partial charge in [-0.3, -0.25) is 4.40 Å². The molecule has 1 aromatic carbocycles. The van der Waals surface area contributed by atoms with E-state index in [0.717, 1.165) is 33.6 Å². The van der Waals surface area contributed by atoms with Crippen LogP contribution in [0.3, 0.4) is 0 Å². The maximum Gasteiger partial charge on any atom is 0.237 e. The van der Waals surface area contributed by atoms with Crippen molar-refractivity contribution in [3.05, 3.63) is 47.7 Å². The Morgan fingerprint density at radius 1 is 1.12 bits per heavy atom. The van der Waals surface area contributed by atoms with Crippen LogP contribution in [0.25, 0.3) is 17.0 Å². The number of hydrogen-bond donors (Lipinski definition) is 0.